The minimum absolute atomic E-state index is 0.0443. The van der Waals surface area contributed by atoms with Crippen LogP contribution < -0.4 is 10.2 Å². The Hall–Kier alpha value is -2.90. The summed E-state index contributed by atoms with van der Waals surface area (Å²) in [5.74, 6) is 0.542. The molecule has 1 N–H and O–H groups in total. The van der Waals surface area contributed by atoms with E-state index in [-0.39, 0.29) is 18.0 Å². The first-order valence-electron chi connectivity index (χ1n) is 12.1. The van der Waals surface area contributed by atoms with Crippen molar-refractivity contribution in [3.8, 4) is 0 Å². The molecule has 2 bridgehead atoms. The number of aromatic nitrogens is 1. The van der Waals surface area contributed by atoms with Gasteiger partial charge in [-0.2, -0.15) is 4.98 Å². The lowest BCUT2D eigenvalue weighted by atomic mass is 9.84. The zero-order valence-corrected chi connectivity index (χ0v) is 19.1. The minimum Gasteiger partial charge on any atom is -0.423 e. The second-order valence-electron chi connectivity index (χ2n) is 9.75. The maximum atomic E-state index is 13.3. The molecule has 7 rings (SSSR count). The van der Waals surface area contributed by atoms with Crippen LogP contribution >= 0.6 is 0 Å². The van der Waals surface area contributed by atoms with Gasteiger partial charge in [0.1, 0.15) is 5.52 Å². The van der Waals surface area contributed by atoms with Crippen molar-refractivity contribution < 1.29 is 9.21 Å². The summed E-state index contributed by atoms with van der Waals surface area (Å²) in [6.07, 6.45) is 2.35. The van der Waals surface area contributed by atoms with Gasteiger partial charge in [0.2, 0.25) is 0 Å². The number of amides is 1. The Morgan fingerprint density at radius 3 is 2.58 bits per heavy atom. The first-order valence-corrected chi connectivity index (χ1v) is 12.1. The second kappa shape index (κ2) is 8.47. The normalized spacial score (nSPS) is 27.7. The van der Waals surface area contributed by atoms with Crippen molar-refractivity contribution in [3.05, 3.63) is 59.7 Å². The van der Waals surface area contributed by atoms with E-state index in [0.717, 1.165) is 39.3 Å². The summed E-state index contributed by atoms with van der Waals surface area (Å²) in [7, 11) is 2.15. The highest BCUT2D eigenvalue weighted by Gasteiger charge is 2.35. The van der Waals surface area contributed by atoms with E-state index in [9.17, 15) is 4.79 Å². The minimum atomic E-state index is -0.0443. The van der Waals surface area contributed by atoms with Crippen LogP contribution in [0.15, 0.2) is 52.9 Å². The Morgan fingerprint density at radius 2 is 1.82 bits per heavy atom. The number of piperidine rings is 3. The Bertz CT molecular complexity index is 1140. The molecule has 2 aromatic carbocycles. The van der Waals surface area contributed by atoms with E-state index in [4.69, 9.17) is 9.40 Å². The number of rotatable bonds is 4. The van der Waals surface area contributed by atoms with Gasteiger partial charge in [0.15, 0.2) is 5.58 Å². The van der Waals surface area contributed by atoms with Crippen molar-refractivity contribution in [2.75, 3.05) is 51.2 Å². The number of para-hydroxylation sites is 1. The average molecular weight is 446 g/mol. The van der Waals surface area contributed by atoms with Crippen LogP contribution in [0.4, 0.5) is 6.01 Å². The van der Waals surface area contributed by atoms with Crippen molar-refractivity contribution in [1.82, 2.24) is 20.1 Å². The molecule has 4 aliphatic rings. The molecule has 7 heteroatoms. The quantitative estimate of drug-likeness (QED) is 0.666. The SMILES string of the molecule is CN1CCN(c2nc3c(C(=O)NC4CN5CCC4CC5)cccc3o2)[C@@H](c2ccccc2)C1. The van der Waals surface area contributed by atoms with Crippen LogP contribution in [0.3, 0.4) is 0 Å². The van der Waals surface area contributed by atoms with Crippen LogP contribution in [0.25, 0.3) is 11.1 Å². The third-order valence-corrected chi connectivity index (χ3v) is 7.64. The molecule has 0 aliphatic carbocycles. The number of hydrogen-bond acceptors (Lipinski definition) is 6. The topological polar surface area (TPSA) is 64.8 Å². The maximum Gasteiger partial charge on any atom is 0.299 e. The molecule has 2 atom stereocenters. The van der Waals surface area contributed by atoms with Crippen molar-refractivity contribution in [3.63, 3.8) is 0 Å². The van der Waals surface area contributed by atoms with Crippen LogP contribution in [-0.4, -0.2) is 73.0 Å². The smallest absolute Gasteiger partial charge is 0.299 e. The highest BCUT2D eigenvalue weighted by atomic mass is 16.4. The standard InChI is InChI=1S/C26H31N5O2/c1-29-14-15-31(22(17-29)19-6-3-2-4-7-19)26-28-24-20(8-5-9-23(24)33-26)25(32)27-21-16-30-12-10-18(21)11-13-30/h2-9,18,21-22H,10-17H2,1H3,(H,27,32)/t21?,22-/m1/s1. The van der Waals surface area contributed by atoms with Gasteiger partial charge < -0.3 is 24.4 Å². The number of likely N-dealkylation sites (N-methyl/N-ethyl adjacent to an activating group) is 1. The van der Waals surface area contributed by atoms with Crippen molar-refractivity contribution in [1.29, 1.82) is 0 Å². The van der Waals surface area contributed by atoms with Crippen molar-refractivity contribution >= 4 is 23.0 Å². The van der Waals surface area contributed by atoms with Gasteiger partial charge in [-0.25, -0.2) is 0 Å². The summed E-state index contributed by atoms with van der Waals surface area (Å²) in [6.45, 7) is 5.94. The molecular formula is C26H31N5O2. The number of anilines is 1. The number of oxazole rings is 1. The number of hydrogen-bond donors (Lipinski definition) is 1. The van der Waals surface area contributed by atoms with Gasteiger partial charge in [-0.15, -0.1) is 0 Å². The summed E-state index contributed by atoms with van der Waals surface area (Å²) >= 11 is 0. The zero-order chi connectivity index (χ0) is 22.4. The molecule has 4 fully saturated rings. The predicted molar refractivity (Wildman–Crippen MR) is 128 cm³/mol. The summed E-state index contributed by atoms with van der Waals surface area (Å²) in [6, 6.07) is 17.1. The maximum absolute atomic E-state index is 13.3. The fraction of sp³-hybridized carbons (Fsp3) is 0.462. The first kappa shape index (κ1) is 20.7. The van der Waals surface area contributed by atoms with E-state index < -0.39 is 0 Å². The molecule has 0 saturated carbocycles. The van der Waals surface area contributed by atoms with Crippen LogP contribution in [0, 0.1) is 5.92 Å². The fourth-order valence-electron chi connectivity index (χ4n) is 5.73. The lowest BCUT2D eigenvalue weighted by Gasteiger charge is -2.44. The zero-order valence-electron chi connectivity index (χ0n) is 19.1. The van der Waals surface area contributed by atoms with E-state index in [1.54, 1.807) is 0 Å². The second-order valence-corrected chi connectivity index (χ2v) is 9.75. The van der Waals surface area contributed by atoms with E-state index in [1.165, 1.54) is 18.4 Å². The molecule has 4 aliphatic heterocycles. The van der Waals surface area contributed by atoms with Crippen molar-refractivity contribution in [2.45, 2.75) is 24.9 Å². The van der Waals surface area contributed by atoms with Crippen molar-refractivity contribution in [2.24, 2.45) is 5.92 Å². The molecule has 33 heavy (non-hydrogen) atoms. The molecule has 1 unspecified atom stereocenters. The van der Waals surface area contributed by atoms with E-state index in [1.807, 2.05) is 24.3 Å². The monoisotopic (exact) mass is 445 g/mol. The molecule has 1 amide bonds. The largest absolute Gasteiger partial charge is 0.423 e. The Labute approximate surface area is 194 Å². The number of carbonyl (C=O) groups excluding carboxylic acids is 1. The summed E-state index contributed by atoms with van der Waals surface area (Å²) in [5.41, 5.74) is 3.16. The Kier molecular flexibility index (Phi) is 5.31. The summed E-state index contributed by atoms with van der Waals surface area (Å²) in [4.78, 5) is 25.2. The highest BCUT2D eigenvalue weighted by molar-refractivity contribution is 6.04. The number of nitrogens with one attached hydrogen (secondary N) is 1. The third kappa shape index (κ3) is 3.89. The van der Waals surface area contributed by atoms with Crippen LogP contribution in [0.5, 0.6) is 0 Å². The Morgan fingerprint density at radius 1 is 1.00 bits per heavy atom. The number of nitrogens with zero attached hydrogens (tertiary/aromatic N) is 4. The number of fused-ring (bicyclic) bond motifs is 4. The number of piperazine rings is 1. The van der Waals surface area contributed by atoms with Gasteiger partial charge >= 0.3 is 0 Å². The average Bonchev–Trinajstić information content (AvgIpc) is 3.29. The molecule has 0 radical (unpaired) electrons. The van der Waals surface area contributed by atoms with Gasteiger partial charge in [-0.1, -0.05) is 36.4 Å². The number of carbonyl (C=O) groups is 1. The van der Waals surface area contributed by atoms with E-state index in [2.05, 4.69) is 51.3 Å². The van der Waals surface area contributed by atoms with Gasteiger partial charge in [0.05, 0.1) is 11.6 Å². The molecule has 4 saturated heterocycles. The Balaban J connectivity index is 1.29. The summed E-state index contributed by atoms with van der Waals surface area (Å²) < 4.78 is 6.23. The molecule has 5 heterocycles. The van der Waals surface area contributed by atoms with Gasteiger partial charge in [0.25, 0.3) is 11.9 Å². The molecule has 0 spiro atoms. The third-order valence-electron chi connectivity index (χ3n) is 7.64. The fourth-order valence-corrected chi connectivity index (χ4v) is 5.73. The molecule has 7 nitrogen and oxygen atoms in total. The van der Waals surface area contributed by atoms with E-state index in [0.29, 0.717) is 28.6 Å². The van der Waals surface area contributed by atoms with Gasteiger partial charge in [-0.05, 0) is 56.6 Å². The van der Waals surface area contributed by atoms with Crippen LogP contribution in [-0.2, 0) is 0 Å². The lowest BCUT2D eigenvalue weighted by molar-refractivity contribution is 0.0621. The first-order chi connectivity index (χ1) is 16.2. The molecule has 172 valence electrons. The van der Waals surface area contributed by atoms with Crippen LogP contribution in [0.1, 0.15) is 34.8 Å². The highest BCUT2D eigenvalue weighted by Crippen LogP contribution is 2.33. The van der Waals surface area contributed by atoms with E-state index >= 15 is 0 Å². The lowest BCUT2D eigenvalue weighted by Crippen LogP contribution is -2.57. The summed E-state index contributed by atoms with van der Waals surface area (Å²) in [5, 5.41) is 3.31. The predicted octanol–water partition coefficient (Wildman–Crippen LogP) is 3.14. The molecule has 3 aromatic rings. The van der Waals surface area contributed by atoms with Gasteiger partial charge in [-0.3, -0.25) is 4.79 Å². The van der Waals surface area contributed by atoms with Gasteiger partial charge in [0, 0.05) is 32.2 Å². The molecule has 1 aromatic heterocycles. The number of benzene rings is 2. The van der Waals surface area contributed by atoms with Crippen LogP contribution in [0.2, 0.25) is 0 Å². The molecular weight excluding hydrogens is 414 g/mol.